The number of aromatic nitrogens is 2. The lowest BCUT2D eigenvalue weighted by Gasteiger charge is -2.11. The summed E-state index contributed by atoms with van der Waals surface area (Å²) < 4.78 is 7.48. The van der Waals surface area contributed by atoms with Crippen molar-refractivity contribution in [1.29, 1.82) is 0 Å². The second kappa shape index (κ2) is 11.0. The second-order valence-corrected chi connectivity index (χ2v) is 14.4. The molecule has 11 rings (SSSR count). The van der Waals surface area contributed by atoms with Crippen molar-refractivity contribution in [3.05, 3.63) is 182 Å². The lowest BCUT2D eigenvalue weighted by atomic mass is 9.99. The Kier molecular flexibility index (Phi) is 6.16. The van der Waals surface area contributed by atoms with E-state index >= 15 is 0 Å². The molecule has 2 nitrogen and oxygen atoms in total. The third kappa shape index (κ3) is 4.35. The lowest BCUT2D eigenvalue weighted by Crippen LogP contribution is -1.94. The number of para-hydroxylation sites is 3. The highest BCUT2D eigenvalue weighted by Crippen LogP contribution is 2.41. The zero-order valence-corrected chi connectivity index (χ0v) is 28.4. The van der Waals surface area contributed by atoms with Gasteiger partial charge in [0.05, 0.1) is 22.1 Å². The van der Waals surface area contributed by atoms with Gasteiger partial charge in [-0.1, -0.05) is 115 Å². The summed E-state index contributed by atoms with van der Waals surface area (Å²) in [6, 6.07) is 66.6. The number of hydrogen-bond acceptors (Lipinski definition) is 1. The van der Waals surface area contributed by atoms with Crippen molar-refractivity contribution in [1.82, 2.24) is 9.13 Å². The van der Waals surface area contributed by atoms with Crippen molar-refractivity contribution in [3.63, 3.8) is 0 Å². The van der Waals surface area contributed by atoms with Crippen LogP contribution in [0.3, 0.4) is 0 Å². The molecule has 238 valence electrons. The molecule has 3 heteroatoms. The Labute approximate surface area is 298 Å². The van der Waals surface area contributed by atoms with Gasteiger partial charge in [0.15, 0.2) is 0 Å². The van der Waals surface area contributed by atoms with E-state index in [9.17, 15) is 0 Å². The highest BCUT2D eigenvalue weighted by molar-refractivity contribution is 7.25. The predicted molar refractivity (Wildman–Crippen MR) is 219 cm³/mol. The minimum atomic E-state index is 1.17. The maximum Gasteiger partial charge on any atom is 0.0548 e. The minimum Gasteiger partial charge on any atom is -0.309 e. The van der Waals surface area contributed by atoms with Crippen LogP contribution < -0.4 is 0 Å². The van der Waals surface area contributed by atoms with Gasteiger partial charge in [-0.3, -0.25) is 0 Å². The molecule has 0 aliphatic rings. The Morgan fingerprint density at radius 3 is 1.57 bits per heavy atom. The topological polar surface area (TPSA) is 9.86 Å². The zero-order valence-electron chi connectivity index (χ0n) is 27.6. The highest BCUT2D eigenvalue weighted by atomic mass is 32.1. The van der Waals surface area contributed by atoms with Crippen LogP contribution in [0.15, 0.2) is 182 Å². The number of benzene rings is 8. The van der Waals surface area contributed by atoms with Crippen molar-refractivity contribution in [3.8, 4) is 33.6 Å². The fraction of sp³-hybridized carbons (Fsp3) is 0. The lowest BCUT2D eigenvalue weighted by molar-refractivity contribution is 1.18. The van der Waals surface area contributed by atoms with Crippen LogP contribution in [0.25, 0.3) is 97.4 Å². The molecule has 0 radical (unpaired) electrons. The van der Waals surface area contributed by atoms with Crippen molar-refractivity contribution < 1.29 is 0 Å². The second-order valence-electron chi connectivity index (χ2n) is 13.4. The largest absolute Gasteiger partial charge is 0.309 e. The Morgan fingerprint density at radius 2 is 0.824 bits per heavy atom. The van der Waals surface area contributed by atoms with Crippen molar-refractivity contribution in [2.45, 2.75) is 0 Å². The summed E-state index contributed by atoms with van der Waals surface area (Å²) >= 11 is 1.88. The van der Waals surface area contributed by atoms with Crippen molar-refractivity contribution in [2.75, 3.05) is 0 Å². The Morgan fingerprint density at radius 1 is 0.275 bits per heavy atom. The van der Waals surface area contributed by atoms with E-state index in [-0.39, 0.29) is 0 Å². The summed E-state index contributed by atoms with van der Waals surface area (Å²) in [5.74, 6) is 0. The number of fused-ring (bicyclic) bond motifs is 9. The van der Waals surface area contributed by atoms with E-state index in [0.29, 0.717) is 0 Å². The molecule has 0 bridgehead atoms. The Hall–Kier alpha value is -6.42. The molecule has 0 fully saturated rings. The van der Waals surface area contributed by atoms with Crippen LogP contribution in [0.4, 0.5) is 0 Å². The van der Waals surface area contributed by atoms with Crippen LogP contribution >= 0.6 is 11.3 Å². The molecule has 8 aromatic carbocycles. The molecule has 0 N–H and O–H groups in total. The molecule has 11 aromatic rings. The van der Waals surface area contributed by atoms with Gasteiger partial charge in [-0.25, -0.2) is 0 Å². The summed E-state index contributed by atoms with van der Waals surface area (Å²) in [4.78, 5) is 0. The molecule has 3 heterocycles. The Bertz CT molecular complexity index is 3120. The maximum absolute atomic E-state index is 2.44. The quantitative estimate of drug-likeness (QED) is 0.177. The van der Waals surface area contributed by atoms with E-state index < -0.39 is 0 Å². The first-order chi connectivity index (χ1) is 25.3. The average Bonchev–Trinajstić information content (AvgIpc) is 3.84. The van der Waals surface area contributed by atoms with Gasteiger partial charge in [0.25, 0.3) is 0 Å². The SMILES string of the molecule is c1ccc(-n2c3ccccc3c3cc(-c4ccc(-c5cccc(-n6c7ccccc7c7cc8sc9ccccc9c8cc76)c5)cc4)ccc32)cc1. The molecule has 0 aliphatic heterocycles. The molecule has 0 atom stereocenters. The van der Waals surface area contributed by atoms with E-state index in [4.69, 9.17) is 0 Å². The van der Waals surface area contributed by atoms with Crippen LogP contribution in [-0.2, 0) is 0 Å². The minimum absolute atomic E-state index is 1.17. The van der Waals surface area contributed by atoms with E-state index in [1.165, 1.54) is 97.4 Å². The van der Waals surface area contributed by atoms with Crippen LogP contribution in [0.2, 0.25) is 0 Å². The summed E-state index contributed by atoms with van der Waals surface area (Å²) in [5.41, 5.74) is 12.1. The summed E-state index contributed by atoms with van der Waals surface area (Å²) in [6.07, 6.45) is 0. The summed E-state index contributed by atoms with van der Waals surface area (Å²) in [5, 5.41) is 7.76. The van der Waals surface area contributed by atoms with Crippen LogP contribution in [0.1, 0.15) is 0 Å². The molecule has 3 aromatic heterocycles. The first kappa shape index (κ1) is 28.4. The van der Waals surface area contributed by atoms with Gasteiger partial charge < -0.3 is 9.13 Å². The van der Waals surface area contributed by atoms with Gasteiger partial charge in [-0.15, -0.1) is 11.3 Å². The first-order valence-corrected chi connectivity index (χ1v) is 18.2. The van der Waals surface area contributed by atoms with Gasteiger partial charge in [0.2, 0.25) is 0 Å². The third-order valence-electron chi connectivity index (χ3n) is 10.5. The third-order valence-corrected chi connectivity index (χ3v) is 11.6. The van der Waals surface area contributed by atoms with Gasteiger partial charge in [-0.05, 0) is 89.0 Å². The molecular weight excluding hydrogens is 637 g/mol. The monoisotopic (exact) mass is 666 g/mol. The first-order valence-electron chi connectivity index (χ1n) is 17.4. The summed E-state index contributed by atoms with van der Waals surface area (Å²) in [6.45, 7) is 0. The fourth-order valence-electron chi connectivity index (χ4n) is 8.15. The van der Waals surface area contributed by atoms with Crippen LogP contribution in [0.5, 0.6) is 0 Å². The van der Waals surface area contributed by atoms with E-state index in [1.54, 1.807) is 0 Å². The molecule has 0 saturated carbocycles. The van der Waals surface area contributed by atoms with Crippen LogP contribution in [0, 0.1) is 0 Å². The standard InChI is InChI=1S/C48H30N2S/c1-2-12-35(13-3-1)49-43-18-7-4-15-37(43)40-28-34(25-26-45(40)49)32-23-21-31(22-24-32)33-11-10-14-36(27-33)50-44-19-8-5-16-38(44)41-30-48-42(29-46(41)50)39-17-6-9-20-47(39)51-48/h1-30H. The number of rotatable bonds is 4. The number of nitrogens with zero attached hydrogens (tertiary/aromatic N) is 2. The molecule has 0 amide bonds. The fourth-order valence-corrected chi connectivity index (χ4v) is 9.28. The van der Waals surface area contributed by atoms with E-state index in [0.717, 1.165) is 0 Å². The van der Waals surface area contributed by atoms with Crippen LogP contribution in [-0.4, -0.2) is 9.13 Å². The molecule has 0 saturated heterocycles. The summed E-state index contributed by atoms with van der Waals surface area (Å²) in [7, 11) is 0. The van der Waals surface area contributed by atoms with E-state index in [2.05, 4.69) is 191 Å². The zero-order chi connectivity index (χ0) is 33.5. The van der Waals surface area contributed by atoms with Gasteiger partial charge in [0.1, 0.15) is 0 Å². The van der Waals surface area contributed by atoms with Gasteiger partial charge in [0, 0.05) is 53.1 Å². The molecule has 0 aliphatic carbocycles. The molecule has 0 unspecified atom stereocenters. The maximum atomic E-state index is 2.44. The molecule has 0 spiro atoms. The molecule has 51 heavy (non-hydrogen) atoms. The highest BCUT2D eigenvalue weighted by Gasteiger charge is 2.17. The smallest absolute Gasteiger partial charge is 0.0548 e. The van der Waals surface area contributed by atoms with Crippen molar-refractivity contribution >= 4 is 75.1 Å². The predicted octanol–water partition coefficient (Wildman–Crippen LogP) is 13.6. The molecular formula is C48H30N2S. The van der Waals surface area contributed by atoms with Gasteiger partial charge in [-0.2, -0.15) is 0 Å². The average molecular weight is 667 g/mol. The number of thiophene rings is 1. The van der Waals surface area contributed by atoms with E-state index in [1.807, 2.05) is 11.3 Å². The normalized spacial score (nSPS) is 11.9. The Balaban J connectivity index is 1.01. The number of hydrogen-bond donors (Lipinski definition) is 0. The van der Waals surface area contributed by atoms with Gasteiger partial charge >= 0.3 is 0 Å². The van der Waals surface area contributed by atoms with Crippen molar-refractivity contribution in [2.24, 2.45) is 0 Å².